The van der Waals surface area contributed by atoms with Gasteiger partial charge in [-0.15, -0.1) is 0 Å². The number of hydrogen-bond acceptors (Lipinski definition) is 6. The van der Waals surface area contributed by atoms with Crippen molar-refractivity contribution in [1.29, 1.82) is 0 Å². The molecule has 0 bridgehead atoms. The van der Waals surface area contributed by atoms with Gasteiger partial charge >= 0.3 is 25.1 Å². The molecule has 0 aliphatic carbocycles. The predicted octanol–water partition coefficient (Wildman–Crippen LogP) is -0.230. The third kappa shape index (κ3) is 9.24. The SMILES string of the molecule is CN(C(=O)CCCC(NC(=O)NCCCC(=O)O)C(=O)O)c1ccc(Cl)c(B(O)O)c1. The maximum Gasteiger partial charge on any atom is 0.490 e. The van der Waals surface area contributed by atoms with Crippen molar-refractivity contribution >= 4 is 53.7 Å². The second-order valence-corrected chi connectivity index (χ2v) is 7.12. The Morgan fingerprint density at radius 3 is 2.39 bits per heavy atom. The highest BCUT2D eigenvalue weighted by molar-refractivity contribution is 6.62. The molecule has 170 valence electrons. The Morgan fingerprint density at radius 2 is 1.81 bits per heavy atom. The van der Waals surface area contributed by atoms with Crippen LogP contribution in [0.3, 0.4) is 0 Å². The normalized spacial score (nSPS) is 11.4. The zero-order valence-electron chi connectivity index (χ0n) is 16.9. The number of nitrogens with one attached hydrogen (secondary N) is 2. The van der Waals surface area contributed by atoms with Gasteiger partial charge < -0.3 is 35.8 Å². The van der Waals surface area contributed by atoms with Crippen LogP contribution in [0.1, 0.15) is 32.1 Å². The van der Waals surface area contributed by atoms with E-state index < -0.39 is 31.1 Å². The van der Waals surface area contributed by atoms with E-state index in [-0.39, 0.29) is 55.0 Å². The van der Waals surface area contributed by atoms with Crippen molar-refractivity contribution in [2.75, 3.05) is 18.5 Å². The summed E-state index contributed by atoms with van der Waals surface area (Å²) < 4.78 is 0. The summed E-state index contributed by atoms with van der Waals surface area (Å²) in [5.74, 6) is -2.61. The average molecular weight is 458 g/mol. The van der Waals surface area contributed by atoms with Crippen molar-refractivity contribution in [2.45, 2.75) is 38.1 Å². The summed E-state index contributed by atoms with van der Waals surface area (Å²) >= 11 is 5.87. The minimum Gasteiger partial charge on any atom is -0.481 e. The van der Waals surface area contributed by atoms with Crippen molar-refractivity contribution in [3.05, 3.63) is 23.2 Å². The Bertz CT molecular complexity index is 808. The average Bonchev–Trinajstić information content (AvgIpc) is 2.69. The summed E-state index contributed by atoms with van der Waals surface area (Å²) in [4.78, 5) is 47.2. The number of hydrogen-bond donors (Lipinski definition) is 6. The number of rotatable bonds is 12. The Balaban J connectivity index is 2.53. The first-order valence-corrected chi connectivity index (χ1v) is 9.81. The molecule has 1 atom stereocenters. The van der Waals surface area contributed by atoms with E-state index in [0.29, 0.717) is 5.69 Å². The second-order valence-electron chi connectivity index (χ2n) is 6.71. The summed E-state index contributed by atoms with van der Waals surface area (Å²) in [6.45, 7) is 0.0827. The number of aliphatic carboxylic acids is 2. The quantitative estimate of drug-likeness (QED) is 0.184. The van der Waals surface area contributed by atoms with Gasteiger partial charge in [-0.2, -0.15) is 0 Å². The number of amides is 3. The molecule has 3 amide bonds. The first kappa shape index (κ1) is 26.2. The van der Waals surface area contributed by atoms with Gasteiger partial charge in [-0.3, -0.25) is 9.59 Å². The Kier molecular flexibility index (Phi) is 10.8. The lowest BCUT2D eigenvalue weighted by molar-refractivity contribution is -0.139. The number of carboxylic acid groups (broad SMARTS) is 2. The van der Waals surface area contributed by atoms with Crippen molar-refractivity contribution in [2.24, 2.45) is 0 Å². The third-order valence-corrected chi connectivity index (χ3v) is 4.70. The first-order valence-electron chi connectivity index (χ1n) is 9.44. The van der Waals surface area contributed by atoms with Crippen LogP contribution in [0.15, 0.2) is 18.2 Å². The minimum absolute atomic E-state index is 0.00131. The monoisotopic (exact) mass is 457 g/mol. The molecule has 1 unspecified atom stereocenters. The number of benzene rings is 1. The minimum atomic E-state index is -1.80. The van der Waals surface area contributed by atoms with Crippen molar-refractivity contribution in [1.82, 2.24) is 10.6 Å². The van der Waals surface area contributed by atoms with Crippen LogP contribution in [-0.2, 0) is 14.4 Å². The first-order chi connectivity index (χ1) is 14.5. The molecule has 1 aromatic carbocycles. The van der Waals surface area contributed by atoms with Crippen LogP contribution in [0, 0.1) is 0 Å². The van der Waals surface area contributed by atoms with Crippen molar-refractivity contribution in [3.8, 4) is 0 Å². The van der Waals surface area contributed by atoms with Gasteiger partial charge in [0.15, 0.2) is 0 Å². The molecule has 0 saturated carbocycles. The number of carbonyl (C=O) groups excluding carboxylic acids is 2. The van der Waals surface area contributed by atoms with Crippen molar-refractivity contribution in [3.63, 3.8) is 0 Å². The fourth-order valence-corrected chi connectivity index (χ4v) is 2.83. The smallest absolute Gasteiger partial charge is 0.481 e. The van der Waals surface area contributed by atoms with Crippen LogP contribution in [0.4, 0.5) is 10.5 Å². The highest BCUT2D eigenvalue weighted by Crippen LogP contribution is 2.17. The molecular formula is C18H25BClN3O8. The van der Waals surface area contributed by atoms with E-state index in [1.165, 1.54) is 30.1 Å². The molecule has 0 heterocycles. The molecule has 0 aliphatic rings. The van der Waals surface area contributed by atoms with Crippen LogP contribution >= 0.6 is 11.6 Å². The molecule has 0 aliphatic heterocycles. The molecule has 0 spiro atoms. The zero-order valence-corrected chi connectivity index (χ0v) is 17.6. The molecule has 1 aromatic rings. The Morgan fingerprint density at radius 1 is 1.13 bits per heavy atom. The fraction of sp³-hybridized carbons (Fsp3) is 0.444. The lowest BCUT2D eigenvalue weighted by Crippen LogP contribution is -2.46. The lowest BCUT2D eigenvalue weighted by atomic mass is 9.80. The highest BCUT2D eigenvalue weighted by atomic mass is 35.5. The maximum atomic E-state index is 12.4. The third-order valence-electron chi connectivity index (χ3n) is 4.36. The number of halogens is 1. The fourth-order valence-electron chi connectivity index (χ4n) is 2.61. The number of nitrogens with zero attached hydrogens (tertiary/aromatic N) is 1. The Labute approximate surface area is 184 Å². The number of carboxylic acids is 2. The molecule has 0 aromatic heterocycles. The molecular weight excluding hydrogens is 432 g/mol. The van der Waals surface area contributed by atoms with E-state index in [0.717, 1.165) is 0 Å². The number of urea groups is 1. The van der Waals surface area contributed by atoms with Gasteiger partial charge in [0.2, 0.25) is 5.91 Å². The molecule has 1 rings (SSSR count). The molecule has 0 saturated heterocycles. The molecule has 31 heavy (non-hydrogen) atoms. The van der Waals surface area contributed by atoms with Crippen LogP contribution < -0.4 is 21.0 Å². The van der Waals surface area contributed by atoms with Gasteiger partial charge in [0.05, 0.1) is 0 Å². The highest BCUT2D eigenvalue weighted by Gasteiger charge is 2.22. The van der Waals surface area contributed by atoms with E-state index >= 15 is 0 Å². The molecule has 0 radical (unpaired) electrons. The topological polar surface area (TPSA) is 176 Å². The predicted molar refractivity (Wildman–Crippen MR) is 113 cm³/mol. The number of carbonyl (C=O) groups is 4. The largest absolute Gasteiger partial charge is 0.490 e. The number of anilines is 1. The standard InChI is InChI=1S/C18H25BClN3O8/c1-23(11-7-8-13(20)12(10-11)19(30)31)15(24)5-2-4-14(17(27)28)22-18(29)21-9-3-6-16(25)26/h7-8,10,14,30-31H,2-6,9H2,1H3,(H,25,26)(H,27,28)(H2,21,22,29). The van der Waals surface area contributed by atoms with Gasteiger partial charge in [0, 0.05) is 42.6 Å². The maximum absolute atomic E-state index is 12.4. The Hall–Kier alpha value is -2.83. The second kappa shape index (κ2) is 12.8. The van der Waals surface area contributed by atoms with Crippen LogP contribution in [0.25, 0.3) is 0 Å². The summed E-state index contributed by atoms with van der Waals surface area (Å²) in [5, 5.41) is 41.2. The van der Waals surface area contributed by atoms with Gasteiger partial charge in [-0.25, -0.2) is 9.59 Å². The van der Waals surface area contributed by atoms with Crippen molar-refractivity contribution < 1.29 is 39.4 Å². The lowest BCUT2D eigenvalue weighted by Gasteiger charge is -2.20. The zero-order chi connectivity index (χ0) is 23.6. The molecule has 11 nitrogen and oxygen atoms in total. The van der Waals surface area contributed by atoms with E-state index in [2.05, 4.69) is 10.6 Å². The molecule has 0 fully saturated rings. The van der Waals surface area contributed by atoms with Crippen LogP contribution in [0.5, 0.6) is 0 Å². The summed E-state index contributed by atoms with van der Waals surface area (Å²) in [5.41, 5.74) is 0.425. The van der Waals surface area contributed by atoms with Gasteiger partial charge in [0.1, 0.15) is 6.04 Å². The van der Waals surface area contributed by atoms with E-state index in [1.807, 2.05) is 0 Å². The van der Waals surface area contributed by atoms with Crippen LogP contribution in [0.2, 0.25) is 5.02 Å². The summed E-state index contributed by atoms with van der Waals surface area (Å²) in [6.07, 6.45) is 0.245. The van der Waals surface area contributed by atoms with Gasteiger partial charge in [-0.05, 0) is 37.5 Å². The van der Waals surface area contributed by atoms with Gasteiger partial charge in [0.25, 0.3) is 0 Å². The summed E-state index contributed by atoms with van der Waals surface area (Å²) in [7, 11) is -0.315. The van der Waals surface area contributed by atoms with E-state index in [1.54, 1.807) is 0 Å². The molecule has 6 N–H and O–H groups in total. The molecule has 13 heteroatoms. The van der Waals surface area contributed by atoms with E-state index in [4.69, 9.17) is 16.7 Å². The van der Waals surface area contributed by atoms with E-state index in [9.17, 15) is 34.3 Å². The van der Waals surface area contributed by atoms with Crippen LogP contribution in [-0.4, -0.2) is 70.9 Å². The summed E-state index contributed by atoms with van der Waals surface area (Å²) in [6, 6.07) is 2.36. The van der Waals surface area contributed by atoms with Gasteiger partial charge in [-0.1, -0.05) is 11.6 Å².